The molecular weight excluding hydrogens is 382 g/mol. The number of unbranched alkanes of at least 4 members (excludes halogenated alkanes) is 1. The Kier molecular flexibility index (Phi) is 6.48. The van der Waals surface area contributed by atoms with E-state index in [1.807, 2.05) is 18.2 Å². The summed E-state index contributed by atoms with van der Waals surface area (Å²) in [5, 5.41) is 7.32. The molecule has 0 saturated carbocycles. The van der Waals surface area contributed by atoms with E-state index in [-0.39, 0.29) is 4.91 Å². The van der Waals surface area contributed by atoms with Gasteiger partial charge < -0.3 is 4.74 Å². The normalized spacial score (nSPS) is 15.6. The van der Waals surface area contributed by atoms with Crippen LogP contribution in [0.1, 0.15) is 24.0 Å². The van der Waals surface area contributed by atoms with Crippen molar-refractivity contribution in [1.82, 2.24) is 0 Å². The predicted octanol–water partition coefficient (Wildman–Crippen LogP) is 4.94. The topological polar surface area (TPSA) is 67.2 Å². The molecule has 0 amide bonds. The number of carbonyl (C=O) groups excluding carboxylic acids is 2. The van der Waals surface area contributed by atoms with E-state index in [0.29, 0.717) is 22.9 Å². The number of aryl methyl sites for hydroxylation is 1. The van der Waals surface area contributed by atoms with Crippen LogP contribution in [0.3, 0.4) is 0 Å². The predicted molar refractivity (Wildman–Crippen MR) is 110 cm³/mol. The van der Waals surface area contributed by atoms with E-state index in [0.717, 1.165) is 31.0 Å². The molecule has 1 saturated heterocycles. The fourth-order valence-corrected chi connectivity index (χ4v) is 3.67. The molecule has 0 atom stereocenters. The number of Topliss-reactive ketones (excluding diaryl/α,β-unsaturated/α-hetero) is 1. The fraction of sp³-hybridized carbons (Fsp3) is 0.190. The summed E-state index contributed by atoms with van der Waals surface area (Å²) < 4.78 is 5.74. The second-order valence-electron chi connectivity index (χ2n) is 6.08. The first kappa shape index (κ1) is 19.4. The van der Waals surface area contributed by atoms with E-state index in [1.165, 1.54) is 5.56 Å². The number of ketones is 1. The van der Waals surface area contributed by atoms with Gasteiger partial charge in [0, 0.05) is 0 Å². The highest BCUT2D eigenvalue weighted by Gasteiger charge is 2.32. The van der Waals surface area contributed by atoms with E-state index >= 15 is 0 Å². The van der Waals surface area contributed by atoms with E-state index in [2.05, 4.69) is 12.1 Å². The van der Waals surface area contributed by atoms with Gasteiger partial charge in [-0.05, 0) is 60.4 Å². The van der Waals surface area contributed by atoms with Crippen LogP contribution in [0.15, 0.2) is 53.4 Å². The van der Waals surface area contributed by atoms with Gasteiger partial charge in [-0.1, -0.05) is 48.0 Å². The van der Waals surface area contributed by atoms with Crippen LogP contribution >= 0.6 is 23.4 Å². The summed E-state index contributed by atoms with van der Waals surface area (Å²) in [4.78, 5) is 23.4. The zero-order chi connectivity index (χ0) is 19.2. The van der Waals surface area contributed by atoms with Crippen LogP contribution in [0.5, 0.6) is 5.75 Å². The minimum absolute atomic E-state index is 0.246. The second-order valence-corrected chi connectivity index (χ2v) is 7.51. The number of hydrogen-bond acceptors (Lipinski definition) is 5. The van der Waals surface area contributed by atoms with Crippen LogP contribution in [0.4, 0.5) is 0 Å². The number of ether oxygens (including phenoxy) is 1. The van der Waals surface area contributed by atoms with Crippen molar-refractivity contribution in [3.8, 4) is 5.75 Å². The van der Waals surface area contributed by atoms with Crippen molar-refractivity contribution in [3.63, 3.8) is 0 Å². The number of thioether (sulfide) groups is 1. The molecule has 2 aromatic carbocycles. The van der Waals surface area contributed by atoms with Crippen molar-refractivity contribution in [3.05, 3.63) is 69.6 Å². The molecule has 0 unspecified atom stereocenters. The second kappa shape index (κ2) is 9.02. The Labute approximate surface area is 167 Å². The molecule has 0 aliphatic carbocycles. The number of benzene rings is 2. The molecule has 4 nitrogen and oxygen atoms in total. The van der Waals surface area contributed by atoms with Gasteiger partial charge in [-0.15, -0.1) is 0 Å². The third-order valence-corrected chi connectivity index (χ3v) is 5.28. The quantitative estimate of drug-likeness (QED) is 0.528. The zero-order valence-corrected chi connectivity index (χ0v) is 16.1. The molecule has 0 bridgehead atoms. The number of hydrogen-bond donors (Lipinski definition) is 1. The van der Waals surface area contributed by atoms with Crippen molar-refractivity contribution in [2.75, 3.05) is 6.61 Å². The molecular formula is C21H18ClNO3S. The average molecular weight is 400 g/mol. The third-order valence-electron chi connectivity index (χ3n) is 4.07. The Morgan fingerprint density at radius 1 is 1.07 bits per heavy atom. The molecule has 27 heavy (non-hydrogen) atoms. The molecule has 138 valence electrons. The Hall–Kier alpha value is -2.37. The number of carbonyl (C=O) groups is 2. The molecule has 1 aliphatic heterocycles. The SMILES string of the molecule is N=C1C(=O)S/C(=C\c2ccc(OCCCCc3ccccc3)c(Cl)c2)C1=O. The molecule has 3 rings (SSSR count). The summed E-state index contributed by atoms with van der Waals surface area (Å²) in [5.41, 5.74) is 1.53. The Bertz CT molecular complexity index is 909. The van der Waals surface area contributed by atoms with Crippen molar-refractivity contribution >= 4 is 46.0 Å². The molecule has 0 spiro atoms. The van der Waals surface area contributed by atoms with Gasteiger partial charge in [0.15, 0.2) is 5.71 Å². The van der Waals surface area contributed by atoms with Gasteiger partial charge in [0.1, 0.15) is 5.75 Å². The molecule has 1 aliphatic rings. The third kappa shape index (κ3) is 5.08. The van der Waals surface area contributed by atoms with Crippen molar-refractivity contribution in [1.29, 1.82) is 5.41 Å². The fourth-order valence-electron chi connectivity index (χ4n) is 2.64. The summed E-state index contributed by atoms with van der Waals surface area (Å²) in [6, 6.07) is 15.5. The van der Waals surface area contributed by atoms with Crippen LogP contribution in [0.2, 0.25) is 5.02 Å². The lowest BCUT2D eigenvalue weighted by molar-refractivity contribution is -0.110. The summed E-state index contributed by atoms with van der Waals surface area (Å²) in [7, 11) is 0. The Morgan fingerprint density at radius 2 is 1.85 bits per heavy atom. The Morgan fingerprint density at radius 3 is 2.52 bits per heavy atom. The smallest absolute Gasteiger partial charge is 0.245 e. The highest BCUT2D eigenvalue weighted by atomic mass is 35.5. The maximum atomic E-state index is 11.8. The van der Waals surface area contributed by atoms with E-state index < -0.39 is 16.6 Å². The van der Waals surface area contributed by atoms with Gasteiger partial charge >= 0.3 is 0 Å². The minimum Gasteiger partial charge on any atom is -0.492 e. The number of rotatable bonds is 7. The maximum Gasteiger partial charge on any atom is 0.245 e. The number of nitrogens with one attached hydrogen (secondary N) is 1. The lowest BCUT2D eigenvalue weighted by Gasteiger charge is -2.09. The number of halogens is 1. The van der Waals surface area contributed by atoms with Gasteiger partial charge in [-0.2, -0.15) is 0 Å². The van der Waals surface area contributed by atoms with Gasteiger partial charge in [-0.25, -0.2) is 0 Å². The van der Waals surface area contributed by atoms with Gasteiger partial charge in [0.05, 0.1) is 16.5 Å². The number of allylic oxidation sites excluding steroid dienone is 1. The van der Waals surface area contributed by atoms with Crippen LogP contribution < -0.4 is 4.74 Å². The minimum atomic E-state index is -0.542. The van der Waals surface area contributed by atoms with E-state index in [9.17, 15) is 9.59 Å². The lowest BCUT2D eigenvalue weighted by Crippen LogP contribution is -2.10. The standard InChI is InChI=1S/C21H18ClNO3S/c22-16-12-15(13-18-20(24)19(23)21(25)27-18)9-10-17(16)26-11-5-4-8-14-6-2-1-3-7-14/h1-3,6-7,9-10,12-13,23H,4-5,8,11H2/b18-13-,23-19?. The molecule has 1 fully saturated rings. The van der Waals surface area contributed by atoms with Crippen LogP contribution in [0.25, 0.3) is 6.08 Å². The van der Waals surface area contributed by atoms with Crippen molar-refractivity contribution in [2.24, 2.45) is 0 Å². The summed E-state index contributed by atoms with van der Waals surface area (Å²) in [6.45, 7) is 0.576. The lowest BCUT2D eigenvalue weighted by atomic mass is 10.1. The molecule has 1 heterocycles. The van der Waals surface area contributed by atoms with Crippen LogP contribution in [0, 0.1) is 5.41 Å². The molecule has 2 aromatic rings. The largest absolute Gasteiger partial charge is 0.492 e. The average Bonchev–Trinajstić information content (AvgIpc) is 2.90. The van der Waals surface area contributed by atoms with Gasteiger partial charge in [-0.3, -0.25) is 15.0 Å². The van der Waals surface area contributed by atoms with Crippen LogP contribution in [-0.4, -0.2) is 23.2 Å². The van der Waals surface area contributed by atoms with Crippen molar-refractivity contribution < 1.29 is 14.3 Å². The highest BCUT2D eigenvalue weighted by Crippen LogP contribution is 2.31. The van der Waals surface area contributed by atoms with Gasteiger partial charge in [0.2, 0.25) is 10.9 Å². The Balaban J connectivity index is 1.52. The first-order valence-corrected chi connectivity index (χ1v) is 9.77. The highest BCUT2D eigenvalue weighted by molar-refractivity contribution is 8.21. The molecule has 0 aromatic heterocycles. The summed E-state index contributed by atoms with van der Waals surface area (Å²) in [6.07, 6.45) is 4.54. The summed E-state index contributed by atoms with van der Waals surface area (Å²) in [5.74, 6) is 0.0487. The first-order chi connectivity index (χ1) is 13.0. The maximum absolute atomic E-state index is 11.8. The molecule has 0 radical (unpaired) electrons. The van der Waals surface area contributed by atoms with E-state index in [4.69, 9.17) is 21.7 Å². The van der Waals surface area contributed by atoms with E-state index in [1.54, 1.807) is 24.3 Å². The first-order valence-electron chi connectivity index (χ1n) is 8.58. The zero-order valence-electron chi connectivity index (χ0n) is 14.5. The van der Waals surface area contributed by atoms with Crippen molar-refractivity contribution in [2.45, 2.75) is 19.3 Å². The van der Waals surface area contributed by atoms with Gasteiger partial charge in [0.25, 0.3) is 0 Å². The molecule has 1 N–H and O–H groups in total. The summed E-state index contributed by atoms with van der Waals surface area (Å²) >= 11 is 7.04. The molecule has 6 heteroatoms. The van der Waals surface area contributed by atoms with Crippen LogP contribution in [-0.2, 0) is 16.0 Å². The monoisotopic (exact) mass is 399 g/mol.